The van der Waals surface area contributed by atoms with Gasteiger partial charge in [0.25, 0.3) is 0 Å². The second-order valence-corrected chi connectivity index (χ2v) is 3.65. The smallest absolute Gasteiger partial charge is 0.320 e. The van der Waals surface area contributed by atoms with Crippen LogP contribution < -0.4 is 5.32 Å². The second kappa shape index (κ2) is 5.29. The summed E-state index contributed by atoms with van der Waals surface area (Å²) < 4.78 is 0. The van der Waals surface area contributed by atoms with Crippen molar-refractivity contribution >= 4 is 5.97 Å². The lowest BCUT2D eigenvalue weighted by Gasteiger charge is -2.18. The molecule has 4 nitrogen and oxygen atoms in total. The summed E-state index contributed by atoms with van der Waals surface area (Å²) >= 11 is 0. The summed E-state index contributed by atoms with van der Waals surface area (Å²) in [5.74, 6) is -0.902. The molecule has 4 heteroatoms. The maximum absolute atomic E-state index is 10.7. The number of aliphatic carboxylic acids is 1. The summed E-state index contributed by atoms with van der Waals surface area (Å²) in [6.07, 6.45) is 0. The van der Waals surface area contributed by atoms with Gasteiger partial charge in [-0.1, -0.05) is 18.2 Å². The highest BCUT2D eigenvalue weighted by atomic mass is 16.4. The molecule has 0 saturated carbocycles. The van der Waals surface area contributed by atoms with Crippen LogP contribution in [0.25, 0.3) is 0 Å². The quantitative estimate of drug-likeness (QED) is 0.806. The molecule has 0 aromatic heterocycles. The van der Waals surface area contributed by atoms with E-state index in [1.165, 1.54) is 0 Å². The van der Waals surface area contributed by atoms with E-state index >= 15 is 0 Å². The number of hydrogen-bond donors (Lipinski definition) is 2. The van der Waals surface area contributed by atoms with E-state index in [-0.39, 0.29) is 6.04 Å². The first-order valence-electron chi connectivity index (χ1n) is 5.04. The van der Waals surface area contributed by atoms with Crippen molar-refractivity contribution in [2.75, 3.05) is 0 Å². The van der Waals surface area contributed by atoms with Crippen LogP contribution in [0.4, 0.5) is 0 Å². The molecule has 0 amide bonds. The lowest BCUT2D eigenvalue weighted by molar-refractivity contribution is -0.139. The Hall–Kier alpha value is -1.86. The Morgan fingerprint density at radius 1 is 1.44 bits per heavy atom. The van der Waals surface area contributed by atoms with Crippen LogP contribution in [0.2, 0.25) is 0 Å². The van der Waals surface area contributed by atoms with E-state index in [9.17, 15) is 4.79 Å². The molecule has 16 heavy (non-hydrogen) atoms. The number of carboxylic acid groups (broad SMARTS) is 1. The van der Waals surface area contributed by atoms with Crippen LogP contribution >= 0.6 is 0 Å². The predicted molar refractivity (Wildman–Crippen MR) is 59.8 cm³/mol. The summed E-state index contributed by atoms with van der Waals surface area (Å²) in [5.41, 5.74) is 1.39. The number of nitrogens with one attached hydrogen (secondary N) is 1. The lowest BCUT2D eigenvalue weighted by Crippen LogP contribution is -2.35. The fourth-order valence-electron chi connectivity index (χ4n) is 1.51. The molecule has 0 fully saturated rings. The first-order valence-corrected chi connectivity index (χ1v) is 5.04. The van der Waals surface area contributed by atoms with Gasteiger partial charge in [0.2, 0.25) is 0 Å². The van der Waals surface area contributed by atoms with Gasteiger partial charge in [-0.05, 0) is 25.5 Å². The maximum Gasteiger partial charge on any atom is 0.320 e. The molecule has 0 heterocycles. The summed E-state index contributed by atoms with van der Waals surface area (Å²) in [4.78, 5) is 10.7. The number of benzene rings is 1. The molecule has 1 aromatic rings. The Bertz CT molecular complexity index is 423. The molecular formula is C12H14N2O2. The second-order valence-electron chi connectivity index (χ2n) is 3.65. The Kier molecular flexibility index (Phi) is 4.03. The average Bonchev–Trinajstić information content (AvgIpc) is 2.28. The zero-order chi connectivity index (χ0) is 12.1. The van der Waals surface area contributed by atoms with Gasteiger partial charge in [-0.3, -0.25) is 10.1 Å². The molecule has 0 aliphatic carbocycles. The molecule has 1 rings (SSSR count). The number of rotatable bonds is 4. The van der Waals surface area contributed by atoms with Crippen LogP contribution in [-0.4, -0.2) is 17.1 Å². The standard InChI is InChI=1S/C12H14N2O2/c1-8(14-9(2)12(15)16)11-6-4-3-5-10(11)7-13/h3-6,8-9,14H,1-2H3,(H,15,16). The van der Waals surface area contributed by atoms with Crippen molar-refractivity contribution in [1.29, 1.82) is 5.26 Å². The fourth-order valence-corrected chi connectivity index (χ4v) is 1.51. The van der Waals surface area contributed by atoms with E-state index in [0.717, 1.165) is 5.56 Å². The van der Waals surface area contributed by atoms with Crippen molar-refractivity contribution < 1.29 is 9.90 Å². The first-order chi connectivity index (χ1) is 7.56. The van der Waals surface area contributed by atoms with E-state index in [2.05, 4.69) is 11.4 Å². The van der Waals surface area contributed by atoms with Crippen LogP contribution in [0.5, 0.6) is 0 Å². The van der Waals surface area contributed by atoms with Crippen LogP contribution in [0.3, 0.4) is 0 Å². The number of carboxylic acids is 1. The highest BCUT2D eigenvalue weighted by Gasteiger charge is 2.16. The third-order valence-electron chi connectivity index (χ3n) is 2.42. The fraction of sp³-hybridized carbons (Fsp3) is 0.333. The molecule has 2 N–H and O–H groups in total. The van der Waals surface area contributed by atoms with Crippen molar-refractivity contribution in [3.05, 3.63) is 35.4 Å². The Labute approximate surface area is 94.5 Å². The zero-order valence-corrected chi connectivity index (χ0v) is 9.27. The number of nitriles is 1. The van der Waals surface area contributed by atoms with Crippen LogP contribution in [0.15, 0.2) is 24.3 Å². The highest BCUT2D eigenvalue weighted by Crippen LogP contribution is 2.17. The van der Waals surface area contributed by atoms with Crippen molar-refractivity contribution in [2.45, 2.75) is 25.9 Å². The van der Waals surface area contributed by atoms with E-state index in [4.69, 9.17) is 10.4 Å². The van der Waals surface area contributed by atoms with Crippen molar-refractivity contribution in [1.82, 2.24) is 5.32 Å². The van der Waals surface area contributed by atoms with Gasteiger partial charge in [0, 0.05) is 6.04 Å². The molecule has 2 unspecified atom stereocenters. The molecule has 0 bridgehead atoms. The van der Waals surface area contributed by atoms with Crippen molar-refractivity contribution in [2.24, 2.45) is 0 Å². The van der Waals surface area contributed by atoms with Gasteiger partial charge in [-0.25, -0.2) is 0 Å². The van der Waals surface area contributed by atoms with Gasteiger partial charge in [0.1, 0.15) is 6.04 Å². The van der Waals surface area contributed by atoms with Crippen LogP contribution in [0.1, 0.15) is 31.0 Å². The molecule has 2 atom stereocenters. The minimum atomic E-state index is -0.902. The lowest BCUT2D eigenvalue weighted by atomic mass is 10.0. The van der Waals surface area contributed by atoms with E-state index in [0.29, 0.717) is 5.56 Å². The minimum Gasteiger partial charge on any atom is -0.480 e. The summed E-state index contributed by atoms with van der Waals surface area (Å²) in [7, 11) is 0. The van der Waals surface area contributed by atoms with Crippen molar-refractivity contribution in [3.8, 4) is 6.07 Å². The molecule has 0 radical (unpaired) electrons. The third kappa shape index (κ3) is 2.81. The Balaban J connectivity index is 2.85. The first kappa shape index (κ1) is 12.2. The molecule has 0 aliphatic rings. The molecule has 0 saturated heterocycles. The molecule has 0 aliphatic heterocycles. The highest BCUT2D eigenvalue weighted by molar-refractivity contribution is 5.72. The molecular weight excluding hydrogens is 204 g/mol. The maximum atomic E-state index is 10.7. The number of carbonyl (C=O) groups is 1. The van der Waals surface area contributed by atoms with E-state index in [1.54, 1.807) is 19.1 Å². The zero-order valence-electron chi connectivity index (χ0n) is 9.27. The normalized spacial score (nSPS) is 13.8. The van der Waals surface area contributed by atoms with Crippen molar-refractivity contribution in [3.63, 3.8) is 0 Å². The van der Waals surface area contributed by atoms with Gasteiger partial charge in [0.05, 0.1) is 11.6 Å². The number of hydrogen-bond acceptors (Lipinski definition) is 3. The molecule has 1 aromatic carbocycles. The SMILES string of the molecule is CC(NC(C)c1ccccc1C#N)C(=O)O. The average molecular weight is 218 g/mol. The van der Waals surface area contributed by atoms with Gasteiger partial charge in [0.15, 0.2) is 0 Å². The van der Waals surface area contributed by atoms with E-state index in [1.807, 2.05) is 19.1 Å². The van der Waals surface area contributed by atoms with Crippen LogP contribution in [-0.2, 0) is 4.79 Å². The van der Waals surface area contributed by atoms with Gasteiger partial charge < -0.3 is 5.11 Å². The topological polar surface area (TPSA) is 73.1 Å². The van der Waals surface area contributed by atoms with E-state index < -0.39 is 12.0 Å². The molecule has 0 spiro atoms. The largest absolute Gasteiger partial charge is 0.480 e. The summed E-state index contributed by atoms with van der Waals surface area (Å²) in [6, 6.07) is 8.45. The Morgan fingerprint density at radius 3 is 2.62 bits per heavy atom. The Morgan fingerprint density at radius 2 is 2.06 bits per heavy atom. The monoisotopic (exact) mass is 218 g/mol. The van der Waals surface area contributed by atoms with Gasteiger partial charge >= 0.3 is 5.97 Å². The molecule has 84 valence electrons. The third-order valence-corrected chi connectivity index (χ3v) is 2.42. The van der Waals surface area contributed by atoms with Gasteiger partial charge in [-0.2, -0.15) is 5.26 Å². The van der Waals surface area contributed by atoms with Crippen LogP contribution in [0, 0.1) is 11.3 Å². The summed E-state index contributed by atoms with van der Waals surface area (Å²) in [5, 5.41) is 20.6. The minimum absolute atomic E-state index is 0.165. The predicted octanol–water partition coefficient (Wildman–Crippen LogP) is 1.68. The summed E-state index contributed by atoms with van der Waals surface area (Å²) in [6.45, 7) is 3.42. The number of nitrogens with zero attached hydrogens (tertiary/aromatic N) is 1. The van der Waals surface area contributed by atoms with Gasteiger partial charge in [-0.15, -0.1) is 0 Å².